The lowest BCUT2D eigenvalue weighted by atomic mass is 10.0. The fourth-order valence-electron chi connectivity index (χ4n) is 6.70. The van der Waals surface area contributed by atoms with Crippen molar-refractivity contribution in [3.8, 4) is 0 Å². The van der Waals surface area contributed by atoms with Crippen LogP contribution in [0, 0.1) is 17.7 Å². The molecule has 1 aromatic carbocycles. The van der Waals surface area contributed by atoms with Gasteiger partial charge in [0.25, 0.3) is 5.91 Å². The van der Waals surface area contributed by atoms with Crippen LogP contribution in [0.3, 0.4) is 0 Å². The highest BCUT2D eigenvalue weighted by atomic mass is 32.2. The minimum absolute atomic E-state index is 0.0499. The van der Waals surface area contributed by atoms with E-state index in [1.165, 1.54) is 29.2 Å². The van der Waals surface area contributed by atoms with Crippen molar-refractivity contribution in [2.24, 2.45) is 11.8 Å². The number of ketones is 1. The molecule has 55 heavy (non-hydrogen) atoms. The largest absolute Gasteiger partial charge is 0.444 e. The number of benzene rings is 1. The lowest BCUT2D eigenvalue weighted by molar-refractivity contribution is -0.141. The van der Waals surface area contributed by atoms with Gasteiger partial charge in [0.1, 0.15) is 35.1 Å². The molecule has 2 heterocycles. The molecule has 17 heteroatoms. The summed E-state index contributed by atoms with van der Waals surface area (Å²) in [6.45, 7) is 12.1. The zero-order chi connectivity index (χ0) is 40.5. The van der Waals surface area contributed by atoms with Gasteiger partial charge in [0.05, 0.1) is 18.3 Å². The molecule has 2 saturated carbocycles. The quantitative estimate of drug-likeness (QED) is 0.186. The van der Waals surface area contributed by atoms with Gasteiger partial charge < -0.3 is 25.0 Å². The van der Waals surface area contributed by atoms with Crippen molar-refractivity contribution >= 4 is 45.7 Å². The number of ether oxygens (including phenoxy) is 2. The van der Waals surface area contributed by atoms with Crippen molar-refractivity contribution in [2.45, 2.75) is 121 Å². The minimum atomic E-state index is -3.97. The van der Waals surface area contributed by atoms with E-state index in [0.29, 0.717) is 24.0 Å². The molecule has 5 atom stereocenters. The summed E-state index contributed by atoms with van der Waals surface area (Å²) < 4.78 is 53.0. The smallest absolute Gasteiger partial charge is 0.410 e. The van der Waals surface area contributed by atoms with Crippen molar-refractivity contribution in [1.29, 1.82) is 0 Å². The van der Waals surface area contributed by atoms with E-state index in [0.717, 1.165) is 4.90 Å². The van der Waals surface area contributed by atoms with Crippen LogP contribution in [0.15, 0.2) is 43.0 Å². The number of alkyl carbamates (subject to hydrolysis) is 1. The molecule has 3 fully saturated rings. The number of sulfonamides is 1. The highest BCUT2D eigenvalue weighted by molar-refractivity contribution is 7.91. The summed E-state index contributed by atoms with van der Waals surface area (Å²) in [6, 6.07) is 1.79. The average Bonchev–Trinajstić information content (AvgIpc) is 3.98. The van der Waals surface area contributed by atoms with E-state index in [1.807, 2.05) is 13.8 Å². The van der Waals surface area contributed by atoms with Gasteiger partial charge in [-0.1, -0.05) is 38.1 Å². The van der Waals surface area contributed by atoms with E-state index < -0.39 is 86.2 Å². The van der Waals surface area contributed by atoms with Crippen LogP contribution in [0.1, 0.15) is 84.3 Å². The van der Waals surface area contributed by atoms with Crippen LogP contribution in [-0.2, 0) is 51.8 Å². The number of rotatable bonds is 14. The number of amides is 5. The standard InChI is InChI=1S/C38H50FN5O10S/c1-7-24-18-38(24,34(48)42-55(51,52)27-14-15-27)41-32(46)31-17-26(53-36(50)43-19-23-9-8-10-29(39)28(23)21-43)20-44(31)33(47)30(40-35(49)54-37(4,5)6)16-13-25(45)12-11-22(2)3/h7-12,22,24,26-27,30-31H,1,13-21H2,2-6H3,(H,40,49)(H,41,46)(H,42,48)/t24-,26-,30+,31+,38-/m1/s1. The number of hydrogen-bond donors (Lipinski definition) is 3. The molecule has 4 aliphatic rings. The second-order valence-electron chi connectivity index (χ2n) is 16.0. The third-order valence-corrected chi connectivity index (χ3v) is 11.7. The van der Waals surface area contributed by atoms with Crippen molar-refractivity contribution in [3.05, 3.63) is 60.0 Å². The number of nitrogens with one attached hydrogen (secondary N) is 3. The number of fused-ring (bicyclic) bond motifs is 1. The molecule has 0 bridgehead atoms. The maximum atomic E-state index is 14.4. The number of hydrogen-bond acceptors (Lipinski definition) is 10. The van der Waals surface area contributed by atoms with E-state index in [-0.39, 0.29) is 57.0 Å². The van der Waals surface area contributed by atoms with Gasteiger partial charge in [-0.05, 0) is 70.1 Å². The van der Waals surface area contributed by atoms with E-state index in [9.17, 15) is 41.6 Å². The molecule has 0 radical (unpaired) electrons. The van der Waals surface area contributed by atoms with Crippen molar-refractivity contribution < 1.29 is 51.0 Å². The van der Waals surface area contributed by atoms with Crippen LogP contribution in [0.4, 0.5) is 14.0 Å². The second-order valence-corrected chi connectivity index (χ2v) is 17.9. The summed E-state index contributed by atoms with van der Waals surface area (Å²) in [5.41, 5.74) is -1.64. The Morgan fingerprint density at radius 2 is 1.82 bits per heavy atom. The first-order chi connectivity index (χ1) is 25.7. The van der Waals surface area contributed by atoms with E-state index in [1.54, 1.807) is 32.9 Å². The van der Waals surface area contributed by atoms with E-state index in [2.05, 4.69) is 21.9 Å². The molecule has 5 rings (SSSR count). The van der Waals surface area contributed by atoms with Gasteiger partial charge in [0, 0.05) is 30.9 Å². The lowest BCUT2D eigenvalue weighted by Gasteiger charge is -2.30. The average molecular weight is 788 g/mol. The molecule has 2 aliphatic carbocycles. The molecular formula is C38H50FN5O10S. The maximum absolute atomic E-state index is 14.4. The van der Waals surface area contributed by atoms with Gasteiger partial charge in [-0.2, -0.15) is 0 Å². The van der Waals surface area contributed by atoms with Crippen molar-refractivity contribution in [2.75, 3.05) is 6.54 Å². The predicted molar refractivity (Wildman–Crippen MR) is 197 cm³/mol. The zero-order valence-corrected chi connectivity index (χ0v) is 32.6. The minimum Gasteiger partial charge on any atom is -0.444 e. The van der Waals surface area contributed by atoms with Crippen LogP contribution in [0.5, 0.6) is 0 Å². The first-order valence-corrected chi connectivity index (χ1v) is 20.0. The van der Waals surface area contributed by atoms with Crippen molar-refractivity contribution in [3.63, 3.8) is 0 Å². The molecule has 1 saturated heterocycles. The molecule has 2 aliphatic heterocycles. The Kier molecular flexibility index (Phi) is 12.1. The Morgan fingerprint density at radius 1 is 1.11 bits per heavy atom. The van der Waals surface area contributed by atoms with Gasteiger partial charge in [-0.15, -0.1) is 6.58 Å². The maximum Gasteiger partial charge on any atom is 0.410 e. The highest BCUT2D eigenvalue weighted by Crippen LogP contribution is 2.45. The van der Waals surface area contributed by atoms with Gasteiger partial charge in [-0.25, -0.2) is 22.4 Å². The van der Waals surface area contributed by atoms with Gasteiger partial charge in [-0.3, -0.25) is 28.8 Å². The monoisotopic (exact) mass is 787 g/mol. The molecule has 0 aromatic heterocycles. The van der Waals surface area contributed by atoms with Gasteiger partial charge in [0.2, 0.25) is 21.8 Å². The Bertz CT molecular complexity index is 1870. The van der Waals surface area contributed by atoms with E-state index >= 15 is 0 Å². The van der Waals surface area contributed by atoms with Crippen LogP contribution in [0.2, 0.25) is 0 Å². The molecule has 0 unspecified atom stereocenters. The zero-order valence-electron chi connectivity index (χ0n) is 31.8. The Balaban J connectivity index is 1.39. The number of nitrogens with zero attached hydrogens (tertiary/aromatic N) is 2. The molecule has 300 valence electrons. The third kappa shape index (κ3) is 10.1. The molecule has 5 amide bonds. The summed E-state index contributed by atoms with van der Waals surface area (Å²) in [4.78, 5) is 83.5. The number of allylic oxidation sites excluding steroid dienone is 2. The predicted octanol–water partition coefficient (Wildman–Crippen LogP) is 3.37. The Labute approximate surface area is 320 Å². The molecule has 0 spiro atoms. The number of likely N-dealkylation sites (tertiary alicyclic amines) is 1. The molecule has 3 N–H and O–H groups in total. The Morgan fingerprint density at radius 3 is 2.42 bits per heavy atom. The fourth-order valence-corrected chi connectivity index (χ4v) is 8.06. The first kappa shape index (κ1) is 41.4. The fraction of sp³-hybridized carbons (Fsp3) is 0.579. The lowest BCUT2D eigenvalue weighted by Crippen LogP contribution is -2.58. The summed E-state index contributed by atoms with van der Waals surface area (Å²) in [7, 11) is -3.97. The van der Waals surface area contributed by atoms with Gasteiger partial charge in [0.15, 0.2) is 5.78 Å². The molecule has 1 aromatic rings. The van der Waals surface area contributed by atoms with Crippen LogP contribution in [0.25, 0.3) is 0 Å². The SMILES string of the molecule is C=C[C@@H]1C[C@]1(NC(=O)[C@@H]1C[C@@H](OC(=O)N2Cc3cccc(F)c3C2)CN1C(=O)[C@H](CCC(=O)C=CC(C)C)NC(=O)OC(C)(C)C)C(=O)NS(=O)(=O)C1CC1. The third-order valence-electron chi connectivity index (χ3n) is 9.88. The molecule has 15 nitrogen and oxygen atoms in total. The summed E-state index contributed by atoms with van der Waals surface area (Å²) in [5.74, 6) is -3.86. The topological polar surface area (TPSA) is 198 Å². The van der Waals surface area contributed by atoms with Crippen LogP contribution < -0.4 is 15.4 Å². The second kappa shape index (κ2) is 16.1. The highest BCUT2D eigenvalue weighted by Gasteiger charge is 2.62. The number of carbonyl (C=O) groups excluding carboxylic acids is 6. The van der Waals surface area contributed by atoms with Crippen LogP contribution in [-0.4, -0.2) is 95.0 Å². The number of halogens is 1. The Hall–Kier alpha value is -4.80. The summed E-state index contributed by atoms with van der Waals surface area (Å²) in [5, 5.41) is 4.49. The summed E-state index contributed by atoms with van der Waals surface area (Å²) >= 11 is 0. The first-order valence-electron chi connectivity index (χ1n) is 18.5. The van der Waals surface area contributed by atoms with Crippen LogP contribution >= 0.6 is 0 Å². The van der Waals surface area contributed by atoms with E-state index in [4.69, 9.17) is 9.47 Å². The summed E-state index contributed by atoms with van der Waals surface area (Å²) in [6.07, 6.45) is 2.01. The van der Waals surface area contributed by atoms with Crippen molar-refractivity contribution in [1.82, 2.24) is 25.2 Å². The normalized spacial score (nSPS) is 23.9. The number of carbonyl (C=O) groups is 6. The molecular weight excluding hydrogens is 738 g/mol. The van der Waals surface area contributed by atoms with Gasteiger partial charge >= 0.3 is 12.2 Å².